The third-order valence-electron chi connectivity index (χ3n) is 5.08. The topological polar surface area (TPSA) is 37.4 Å². The first-order chi connectivity index (χ1) is 7.93. The minimum absolute atomic E-state index is 0.0255. The second-order valence-electron chi connectivity index (χ2n) is 6.53. The van der Waals surface area contributed by atoms with Crippen LogP contribution in [-0.2, 0) is 9.59 Å². The molecule has 2 unspecified atom stereocenters. The normalized spacial score (nSPS) is 36.8. The molecule has 3 rings (SSSR count). The second-order valence-corrected chi connectivity index (χ2v) is 7.09. The number of carbonyl (C=O) groups excluding carboxylic acids is 2. The highest BCUT2D eigenvalue weighted by atomic mass is 79.9. The Balaban J connectivity index is 1.75. The molecule has 1 aliphatic heterocycles. The van der Waals surface area contributed by atoms with Crippen LogP contribution in [0.4, 0.5) is 0 Å². The number of piperidine rings is 1. The van der Waals surface area contributed by atoms with Crippen LogP contribution in [-0.4, -0.2) is 28.6 Å². The summed E-state index contributed by atoms with van der Waals surface area (Å²) in [7, 11) is 0. The molecular weight excluding hydrogens is 282 g/mol. The molecule has 3 aliphatic rings. The molecule has 0 bridgehead atoms. The van der Waals surface area contributed by atoms with Crippen LogP contribution in [0, 0.1) is 22.7 Å². The summed E-state index contributed by atoms with van der Waals surface area (Å²) in [6, 6.07) is 0. The summed E-state index contributed by atoms with van der Waals surface area (Å²) in [6.07, 6.45) is 3.49. The van der Waals surface area contributed by atoms with E-state index in [2.05, 4.69) is 15.9 Å². The summed E-state index contributed by atoms with van der Waals surface area (Å²) in [5.74, 6) is 0.111. The zero-order valence-corrected chi connectivity index (χ0v) is 11.9. The van der Waals surface area contributed by atoms with E-state index < -0.39 is 0 Å². The van der Waals surface area contributed by atoms with Crippen molar-refractivity contribution in [1.82, 2.24) is 4.90 Å². The van der Waals surface area contributed by atoms with Gasteiger partial charge in [0.1, 0.15) is 0 Å². The van der Waals surface area contributed by atoms with E-state index in [1.807, 2.05) is 13.8 Å². The van der Waals surface area contributed by atoms with Gasteiger partial charge in [-0.25, -0.2) is 0 Å². The van der Waals surface area contributed by atoms with E-state index in [0.717, 1.165) is 18.2 Å². The van der Waals surface area contributed by atoms with E-state index >= 15 is 0 Å². The number of likely N-dealkylation sites (tertiary alicyclic amines) is 1. The fraction of sp³-hybridized carbons (Fsp3) is 0.846. The van der Waals surface area contributed by atoms with Crippen LogP contribution in [0.5, 0.6) is 0 Å². The molecule has 2 atom stereocenters. The molecule has 94 valence electrons. The molecule has 1 heterocycles. The number of amides is 2. The van der Waals surface area contributed by atoms with Gasteiger partial charge in [0.25, 0.3) is 0 Å². The summed E-state index contributed by atoms with van der Waals surface area (Å²) in [5, 5.41) is 0.899. The number of imide groups is 1. The van der Waals surface area contributed by atoms with Crippen molar-refractivity contribution in [1.29, 1.82) is 0 Å². The van der Waals surface area contributed by atoms with Gasteiger partial charge >= 0.3 is 0 Å². The monoisotopic (exact) mass is 299 g/mol. The number of nitrogens with zero attached hydrogens (tertiary/aromatic N) is 1. The smallest absolute Gasteiger partial charge is 0.233 e. The lowest BCUT2D eigenvalue weighted by Gasteiger charge is -2.43. The van der Waals surface area contributed by atoms with Gasteiger partial charge in [-0.3, -0.25) is 14.5 Å². The Morgan fingerprint density at radius 3 is 2.12 bits per heavy atom. The minimum Gasteiger partial charge on any atom is -0.281 e. The van der Waals surface area contributed by atoms with Gasteiger partial charge in [-0.15, -0.1) is 0 Å². The predicted octanol–water partition coefficient (Wildman–Crippen LogP) is 2.19. The van der Waals surface area contributed by atoms with E-state index in [4.69, 9.17) is 0 Å². The zero-order valence-electron chi connectivity index (χ0n) is 10.3. The van der Waals surface area contributed by atoms with E-state index in [1.54, 1.807) is 4.90 Å². The lowest BCUT2D eigenvalue weighted by Crippen LogP contribution is -2.48. The maximum atomic E-state index is 12.2. The summed E-state index contributed by atoms with van der Waals surface area (Å²) in [5.41, 5.74) is 0.0953. The molecule has 2 amide bonds. The van der Waals surface area contributed by atoms with Crippen molar-refractivity contribution < 1.29 is 9.59 Å². The number of fused-ring (bicyclic) bond motifs is 1. The SMILES string of the molecule is CC1(C)C2C(=O)N(CC3(CBr)CCC3)C(=O)C21. The molecule has 2 saturated carbocycles. The summed E-state index contributed by atoms with van der Waals surface area (Å²) < 4.78 is 0. The fourth-order valence-corrected chi connectivity index (χ4v) is 4.24. The molecule has 0 aromatic carbocycles. The van der Waals surface area contributed by atoms with E-state index in [1.165, 1.54) is 6.42 Å². The van der Waals surface area contributed by atoms with Crippen molar-refractivity contribution in [2.75, 3.05) is 11.9 Å². The third-order valence-corrected chi connectivity index (χ3v) is 6.27. The highest BCUT2D eigenvalue weighted by molar-refractivity contribution is 9.09. The number of hydrogen-bond donors (Lipinski definition) is 0. The number of rotatable bonds is 3. The molecule has 3 fully saturated rings. The van der Waals surface area contributed by atoms with Crippen molar-refractivity contribution in [2.45, 2.75) is 33.1 Å². The number of carbonyl (C=O) groups is 2. The molecule has 17 heavy (non-hydrogen) atoms. The average molecular weight is 300 g/mol. The molecule has 0 N–H and O–H groups in total. The highest BCUT2D eigenvalue weighted by Crippen LogP contribution is 2.63. The van der Waals surface area contributed by atoms with Crippen LogP contribution in [0.25, 0.3) is 0 Å². The largest absolute Gasteiger partial charge is 0.281 e. The Kier molecular flexibility index (Phi) is 2.30. The average Bonchev–Trinajstić information content (AvgIpc) is 2.68. The number of halogens is 1. The van der Waals surface area contributed by atoms with Crippen molar-refractivity contribution in [3.8, 4) is 0 Å². The van der Waals surface area contributed by atoms with Gasteiger partial charge in [0.05, 0.1) is 11.8 Å². The molecule has 0 aromatic rings. The first-order valence-electron chi connectivity index (χ1n) is 6.34. The van der Waals surface area contributed by atoms with E-state index in [9.17, 15) is 9.59 Å². The van der Waals surface area contributed by atoms with E-state index in [-0.39, 0.29) is 34.5 Å². The number of alkyl halides is 1. The van der Waals surface area contributed by atoms with Gasteiger partial charge < -0.3 is 0 Å². The van der Waals surface area contributed by atoms with Gasteiger partial charge in [-0.05, 0) is 23.7 Å². The summed E-state index contributed by atoms with van der Waals surface area (Å²) in [4.78, 5) is 25.9. The Hall–Kier alpha value is -0.380. The van der Waals surface area contributed by atoms with Gasteiger partial charge in [0, 0.05) is 11.9 Å². The Labute approximate surface area is 110 Å². The minimum atomic E-state index is -0.0775. The molecule has 3 nitrogen and oxygen atoms in total. The summed E-state index contributed by atoms with van der Waals surface area (Å²) >= 11 is 3.53. The van der Waals surface area contributed by atoms with Gasteiger partial charge in [-0.2, -0.15) is 0 Å². The highest BCUT2D eigenvalue weighted by Gasteiger charge is 2.72. The van der Waals surface area contributed by atoms with Crippen LogP contribution in [0.2, 0.25) is 0 Å². The van der Waals surface area contributed by atoms with Crippen LogP contribution < -0.4 is 0 Å². The maximum absolute atomic E-state index is 12.2. The van der Waals surface area contributed by atoms with Crippen LogP contribution >= 0.6 is 15.9 Å². The lowest BCUT2D eigenvalue weighted by atomic mass is 9.70. The van der Waals surface area contributed by atoms with Crippen molar-refractivity contribution in [3.05, 3.63) is 0 Å². The standard InChI is InChI=1S/C13H18BrNO2/c1-12(2)8-9(12)11(17)15(10(8)16)7-13(6-14)4-3-5-13/h8-9H,3-7H2,1-2H3. The summed E-state index contributed by atoms with van der Waals surface area (Å²) in [6.45, 7) is 4.69. The Morgan fingerprint density at radius 2 is 1.76 bits per heavy atom. The first-order valence-corrected chi connectivity index (χ1v) is 7.46. The van der Waals surface area contributed by atoms with Gasteiger partial charge in [0.15, 0.2) is 0 Å². The van der Waals surface area contributed by atoms with Crippen molar-refractivity contribution >= 4 is 27.7 Å². The Bertz CT molecular complexity index is 371. The van der Waals surface area contributed by atoms with E-state index in [0.29, 0.717) is 6.54 Å². The molecule has 4 heteroatoms. The van der Waals surface area contributed by atoms with Crippen LogP contribution in [0.1, 0.15) is 33.1 Å². The van der Waals surface area contributed by atoms with Gasteiger partial charge in [0.2, 0.25) is 11.8 Å². The predicted molar refractivity (Wildman–Crippen MR) is 67.6 cm³/mol. The molecule has 0 aromatic heterocycles. The number of hydrogen-bond acceptors (Lipinski definition) is 2. The Morgan fingerprint density at radius 1 is 1.24 bits per heavy atom. The van der Waals surface area contributed by atoms with Crippen LogP contribution in [0.3, 0.4) is 0 Å². The molecule has 0 radical (unpaired) electrons. The fourth-order valence-electron chi connectivity index (χ4n) is 3.51. The third kappa shape index (κ3) is 1.39. The van der Waals surface area contributed by atoms with Crippen molar-refractivity contribution in [2.24, 2.45) is 22.7 Å². The second kappa shape index (κ2) is 3.34. The first kappa shape index (κ1) is 11.7. The molecule has 2 aliphatic carbocycles. The molecule has 0 spiro atoms. The quantitative estimate of drug-likeness (QED) is 0.592. The van der Waals surface area contributed by atoms with Crippen molar-refractivity contribution in [3.63, 3.8) is 0 Å². The van der Waals surface area contributed by atoms with Crippen LogP contribution in [0.15, 0.2) is 0 Å². The molecular formula is C13H18BrNO2. The zero-order chi connectivity index (χ0) is 12.4. The lowest BCUT2D eigenvalue weighted by molar-refractivity contribution is -0.145. The molecule has 1 saturated heterocycles. The maximum Gasteiger partial charge on any atom is 0.233 e. The van der Waals surface area contributed by atoms with Gasteiger partial charge in [-0.1, -0.05) is 36.2 Å².